The summed E-state index contributed by atoms with van der Waals surface area (Å²) >= 11 is 0. The van der Waals surface area contributed by atoms with Gasteiger partial charge >= 0.3 is 0 Å². The summed E-state index contributed by atoms with van der Waals surface area (Å²) in [4.78, 5) is 13.8. The lowest BCUT2D eigenvalue weighted by Crippen LogP contribution is -2.53. The molecule has 1 aliphatic rings. The van der Waals surface area contributed by atoms with E-state index in [-0.39, 0.29) is 11.9 Å². The summed E-state index contributed by atoms with van der Waals surface area (Å²) in [6, 6.07) is 10.0. The van der Waals surface area contributed by atoms with Crippen molar-refractivity contribution in [3.63, 3.8) is 0 Å². The molecule has 0 aliphatic carbocycles. The summed E-state index contributed by atoms with van der Waals surface area (Å²) in [5.41, 5.74) is 11.9. The Balaban J connectivity index is 1.67. The van der Waals surface area contributed by atoms with Crippen molar-refractivity contribution in [2.75, 3.05) is 13.2 Å². The highest BCUT2D eigenvalue weighted by atomic mass is 16.7. The van der Waals surface area contributed by atoms with Crippen LogP contribution >= 0.6 is 0 Å². The highest BCUT2D eigenvalue weighted by Crippen LogP contribution is 2.19. The summed E-state index contributed by atoms with van der Waals surface area (Å²) in [5.74, 6) is 0.372. The minimum atomic E-state index is -0.666. The van der Waals surface area contributed by atoms with Gasteiger partial charge in [-0.1, -0.05) is 30.3 Å². The average molecular weight is 305 g/mol. The van der Waals surface area contributed by atoms with Crippen LogP contribution in [0.1, 0.15) is 25.8 Å². The molecule has 22 heavy (non-hydrogen) atoms. The summed E-state index contributed by atoms with van der Waals surface area (Å²) in [5, 5.41) is 1.47. The zero-order chi connectivity index (χ0) is 16.0. The Kier molecular flexibility index (Phi) is 5.35. The van der Waals surface area contributed by atoms with Crippen LogP contribution < -0.4 is 11.5 Å². The van der Waals surface area contributed by atoms with E-state index in [1.54, 1.807) is 0 Å². The van der Waals surface area contributed by atoms with Crippen molar-refractivity contribution in [2.24, 2.45) is 21.5 Å². The minimum Gasteiger partial charge on any atom is -0.377 e. The first-order chi connectivity index (χ1) is 10.5. The average Bonchev–Trinajstić information content (AvgIpc) is 2.45. The van der Waals surface area contributed by atoms with Crippen LogP contribution in [0.2, 0.25) is 0 Å². The second-order valence-electron chi connectivity index (χ2n) is 5.45. The molecule has 0 spiro atoms. The molecular formula is C15H23N5O2. The maximum Gasteiger partial charge on any atom is 0.226 e. The predicted molar refractivity (Wildman–Crippen MR) is 85.8 cm³/mol. The molecule has 1 aliphatic heterocycles. The van der Waals surface area contributed by atoms with Gasteiger partial charge in [0.2, 0.25) is 11.9 Å². The fourth-order valence-corrected chi connectivity index (χ4v) is 2.10. The van der Waals surface area contributed by atoms with E-state index in [0.717, 1.165) is 12.0 Å². The molecule has 2 rings (SSSR count). The van der Waals surface area contributed by atoms with Gasteiger partial charge in [-0.15, -0.1) is 0 Å². The summed E-state index contributed by atoms with van der Waals surface area (Å²) in [6.07, 6.45) is 0.742. The lowest BCUT2D eigenvalue weighted by Gasteiger charge is -2.36. The molecule has 4 N–H and O–H groups in total. The van der Waals surface area contributed by atoms with Gasteiger partial charge in [0.15, 0.2) is 5.66 Å². The molecule has 0 unspecified atom stereocenters. The Bertz CT molecular complexity index is 542. The Morgan fingerprint density at radius 1 is 1.14 bits per heavy atom. The van der Waals surface area contributed by atoms with Crippen molar-refractivity contribution in [1.29, 1.82) is 0 Å². The highest BCUT2D eigenvalue weighted by molar-refractivity contribution is 5.95. The molecular weight excluding hydrogens is 282 g/mol. The van der Waals surface area contributed by atoms with E-state index in [0.29, 0.717) is 19.8 Å². The Morgan fingerprint density at radius 2 is 1.86 bits per heavy atom. The van der Waals surface area contributed by atoms with Crippen LogP contribution in [0, 0.1) is 0 Å². The third-order valence-electron chi connectivity index (χ3n) is 3.09. The third-order valence-corrected chi connectivity index (χ3v) is 3.09. The molecule has 0 radical (unpaired) electrons. The first-order valence-electron chi connectivity index (χ1n) is 7.23. The van der Waals surface area contributed by atoms with Gasteiger partial charge in [0.1, 0.15) is 0 Å². The van der Waals surface area contributed by atoms with Crippen LogP contribution in [0.25, 0.3) is 0 Å². The fourth-order valence-electron chi connectivity index (χ4n) is 2.10. The van der Waals surface area contributed by atoms with Crippen molar-refractivity contribution in [3.05, 3.63) is 35.9 Å². The molecule has 0 amide bonds. The maximum absolute atomic E-state index is 5.82. The summed E-state index contributed by atoms with van der Waals surface area (Å²) in [7, 11) is 0. The Labute approximate surface area is 130 Å². The predicted octanol–water partition coefficient (Wildman–Crippen LogP) is 1.21. The maximum atomic E-state index is 5.82. The second kappa shape index (κ2) is 7.24. The molecule has 1 aromatic carbocycles. The normalized spacial score (nSPS) is 17.1. The van der Waals surface area contributed by atoms with E-state index in [1.165, 1.54) is 5.06 Å². The Morgan fingerprint density at radius 3 is 2.55 bits per heavy atom. The van der Waals surface area contributed by atoms with Gasteiger partial charge < -0.3 is 16.2 Å². The van der Waals surface area contributed by atoms with Gasteiger partial charge in [-0.05, 0) is 25.8 Å². The number of aliphatic imine (C=N–C) groups is 2. The van der Waals surface area contributed by atoms with Crippen molar-refractivity contribution in [2.45, 2.75) is 32.5 Å². The molecule has 7 nitrogen and oxygen atoms in total. The lowest BCUT2D eigenvalue weighted by atomic mass is 10.2. The third kappa shape index (κ3) is 4.44. The van der Waals surface area contributed by atoms with Gasteiger partial charge in [0.25, 0.3) is 0 Å². The number of hydroxylamine groups is 2. The van der Waals surface area contributed by atoms with E-state index < -0.39 is 5.66 Å². The van der Waals surface area contributed by atoms with Crippen molar-refractivity contribution < 1.29 is 9.57 Å². The number of ether oxygens (including phenoxy) is 1. The fraction of sp³-hybridized carbons (Fsp3) is 0.467. The van der Waals surface area contributed by atoms with E-state index in [4.69, 9.17) is 21.0 Å². The number of nitrogens with two attached hydrogens (primary N) is 2. The van der Waals surface area contributed by atoms with Crippen LogP contribution in [0.5, 0.6) is 0 Å². The van der Waals surface area contributed by atoms with Crippen LogP contribution in [0.3, 0.4) is 0 Å². The zero-order valence-corrected chi connectivity index (χ0v) is 13.0. The minimum absolute atomic E-state index is 0.161. The van der Waals surface area contributed by atoms with Gasteiger partial charge in [0.05, 0.1) is 13.2 Å². The van der Waals surface area contributed by atoms with E-state index in [2.05, 4.69) is 9.98 Å². The number of rotatable bonds is 7. The van der Waals surface area contributed by atoms with Gasteiger partial charge in [-0.25, -0.2) is 4.99 Å². The molecule has 1 aromatic rings. The standard InChI is InChI=1S/C15H23N5O2/c1-15(2)19-13(16)18-14(17)20(15)22-10-6-9-21-11-12-7-4-3-5-8-12/h3-5,7-8H,6,9-11H2,1-2H3,(H4,16,17,18,19). The largest absolute Gasteiger partial charge is 0.377 e. The first kappa shape index (κ1) is 16.3. The number of guanidine groups is 2. The molecule has 0 fully saturated rings. The van der Waals surface area contributed by atoms with Crippen LogP contribution in [0.15, 0.2) is 40.3 Å². The van der Waals surface area contributed by atoms with Crippen LogP contribution in [0.4, 0.5) is 0 Å². The molecule has 0 bridgehead atoms. The summed E-state index contributed by atoms with van der Waals surface area (Å²) in [6.45, 7) is 5.37. The topological polar surface area (TPSA) is 98.5 Å². The number of benzene rings is 1. The Hall–Kier alpha value is -2.12. The quantitative estimate of drug-likeness (QED) is 0.738. The van der Waals surface area contributed by atoms with Gasteiger partial charge in [0, 0.05) is 6.61 Å². The molecule has 0 atom stereocenters. The van der Waals surface area contributed by atoms with Crippen LogP contribution in [-0.4, -0.2) is 35.9 Å². The smallest absolute Gasteiger partial charge is 0.226 e. The lowest BCUT2D eigenvalue weighted by molar-refractivity contribution is -0.160. The molecule has 1 heterocycles. The number of nitrogens with zero attached hydrogens (tertiary/aromatic N) is 3. The monoisotopic (exact) mass is 305 g/mol. The molecule has 0 saturated heterocycles. The van der Waals surface area contributed by atoms with E-state index >= 15 is 0 Å². The second-order valence-corrected chi connectivity index (χ2v) is 5.45. The zero-order valence-electron chi connectivity index (χ0n) is 13.0. The highest BCUT2D eigenvalue weighted by Gasteiger charge is 2.32. The SMILES string of the molecule is CC1(C)N=C(N)N=C(N)N1OCCCOCc1ccccc1. The van der Waals surface area contributed by atoms with Crippen molar-refractivity contribution in [3.8, 4) is 0 Å². The van der Waals surface area contributed by atoms with Crippen molar-refractivity contribution in [1.82, 2.24) is 5.06 Å². The molecule has 7 heteroatoms. The number of hydrogen-bond donors (Lipinski definition) is 2. The molecule has 120 valence electrons. The number of hydrogen-bond acceptors (Lipinski definition) is 7. The van der Waals surface area contributed by atoms with Gasteiger partial charge in [-0.3, -0.25) is 4.84 Å². The van der Waals surface area contributed by atoms with Crippen LogP contribution in [-0.2, 0) is 16.2 Å². The molecule has 0 saturated carbocycles. The van der Waals surface area contributed by atoms with Gasteiger partial charge in [-0.2, -0.15) is 10.1 Å². The van der Waals surface area contributed by atoms with Crippen molar-refractivity contribution >= 4 is 11.9 Å². The first-order valence-corrected chi connectivity index (χ1v) is 7.23. The molecule has 0 aromatic heterocycles. The van der Waals surface area contributed by atoms with E-state index in [1.807, 2.05) is 44.2 Å². The van der Waals surface area contributed by atoms with E-state index in [9.17, 15) is 0 Å². The summed E-state index contributed by atoms with van der Waals surface area (Å²) < 4.78 is 5.60.